The van der Waals surface area contributed by atoms with Crippen molar-refractivity contribution in [3.63, 3.8) is 0 Å². The molecule has 0 aliphatic carbocycles. The third kappa shape index (κ3) is 3.97. The molecule has 0 bridgehead atoms. The SMILES string of the molecule is O=C(NC(=S)Nc1cccc(-c2nn3cnnc3s2)c1)c1ccc(Cl)c(Cl)c1. The second-order valence-corrected chi connectivity index (χ2v) is 7.76. The molecule has 28 heavy (non-hydrogen) atoms. The number of carbonyl (C=O) groups is 1. The molecule has 140 valence electrons. The first-order valence-electron chi connectivity index (χ1n) is 7.84. The van der Waals surface area contributed by atoms with Gasteiger partial charge in [0, 0.05) is 16.8 Å². The van der Waals surface area contributed by atoms with E-state index in [0.717, 1.165) is 10.6 Å². The van der Waals surface area contributed by atoms with E-state index < -0.39 is 0 Å². The van der Waals surface area contributed by atoms with Gasteiger partial charge in [0.15, 0.2) is 5.11 Å². The Morgan fingerprint density at radius 1 is 1.14 bits per heavy atom. The zero-order valence-electron chi connectivity index (χ0n) is 13.9. The minimum atomic E-state index is -0.388. The quantitative estimate of drug-likeness (QED) is 0.454. The van der Waals surface area contributed by atoms with Crippen LogP contribution in [0.25, 0.3) is 15.5 Å². The second kappa shape index (κ2) is 7.80. The smallest absolute Gasteiger partial charge is 0.257 e. The van der Waals surface area contributed by atoms with Gasteiger partial charge in [-0.3, -0.25) is 10.1 Å². The van der Waals surface area contributed by atoms with Gasteiger partial charge < -0.3 is 5.32 Å². The zero-order chi connectivity index (χ0) is 19.7. The second-order valence-electron chi connectivity index (χ2n) is 5.58. The summed E-state index contributed by atoms with van der Waals surface area (Å²) in [6, 6.07) is 12.1. The van der Waals surface area contributed by atoms with Gasteiger partial charge in [0.05, 0.1) is 10.0 Å². The van der Waals surface area contributed by atoms with E-state index in [0.29, 0.717) is 26.3 Å². The molecule has 0 aliphatic heterocycles. The molecule has 0 spiro atoms. The average molecular weight is 449 g/mol. The largest absolute Gasteiger partial charge is 0.332 e. The van der Waals surface area contributed by atoms with Gasteiger partial charge in [-0.1, -0.05) is 46.7 Å². The van der Waals surface area contributed by atoms with E-state index in [-0.39, 0.29) is 11.0 Å². The van der Waals surface area contributed by atoms with E-state index in [1.54, 1.807) is 23.0 Å². The summed E-state index contributed by atoms with van der Waals surface area (Å²) in [5, 5.41) is 19.4. The first kappa shape index (κ1) is 18.8. The van der Waals surface area contributed by atoms with Crippen LogP contribution in [-0.2, 0) is 0 Å². The van der Waals surface area contributed by atoms with E-state index in [4.69, 9.17) is 35.4 Å². The third-order valence-corrected chi connectivity index (χ3v) is 5.57. The molecule has 0 fully saturated rings. The third-order valence-electron chi connectivity index (χ3n) is 3.66. The molecule has 1 amide bonds. The highest BCUT2D eigenvalue weighted by Crippen LogP contribution is 2.27. The van der Waals surface area contributed by atoms with Crippen molar-refractivity contribution in [1.29, 1.82) is 0 Å². The van der Waals surface area contributed by atoms with Crippen LogP contribution in [0.1, 0.15) is 10.4 Å². The lowest BCUT2D eigenvalue weighted by molar-refractivity contribution is 0.0977. The molecule has 0 radical (unpaired) electrons. The number of amides is 1. The van der Waals surface area contributed by atoms with Crippen LogP contribution in [0.2, 0.25) is 10.0 Å². The summed E-state index contributed by atoms with van der Waals surface area (Å²) in [5.74, 6) is -0.388. The van der Waals surface area contributed by atoms with Crippen LogP contribution < -0.4 is 10.6 Å². The van der Waals surface area contributed by atoms with Crippen LogP contribution in [-0.4, -0.2) is 30.8 Å². The molecule has 4 rings (SSSR count). The number of nitrogens with one attached hydrogen (secondary N) is 2. The fourth-order valence-corrected chi connectivity index (χ4v) is 3.71. The molecule has 4 aromatic rings. The van der Waals surface area contributed by atoms with E-state index in [1.807, 2.05) is 24.3 Å². The molecule has 7 nitrogen and oxygen atoms in total. The van der Waals surface area contributed by atoms with E-state index in [9.17, 15) is 4.79 Å². The number of carbonyl (C=O) groups excluding carboxylic acids is 1. The van der Waals surface area contributed by atoms with Crippen molar-refractivity contribution in [3.8, 4) is 10.6 Å². The van der Waals surface area contributed by atoms with Crippen molar-refractivity contribution in [3.05, 3.63) is 64.4 Å². The number of hydrogen-bond acceptors (Lipinski definition) is 6. The summed E-state index contributed by atoms with van der Waals surface area (Å²) in [6.07, 6.45) is 1.55. The summed E-state index contributed by atoms with van der Waals surface area (Å²) in [5.41, 5.74) is 1.95. The van der Waals surface area contributed by atoms with Crippen LogP contribution in [0, 0.1) is 0 Å². The molecule has 2 aromatic carbocycles. The van der Waals surface area contributed by atoms with Crippen molar-refractivity contribution in [1.82, 2.24) is 25.1 Å². The first-order chi connectivity index (χ1) is 13.5. The monoisotopic (exact) mass is 448 g/mol. The van der Waals surface area contributed by atoms with Crippen LogP contribution in [0.5, 0.6) is 0 Å². The molecule has 0 atom stereocenters. The topological polar surface area (TPSA) is 84.2 Å². The van der Waals surface area contributed by atoms with E-state index in [1.165, 1.54) is 17.4 Å². The number of anilines is 1. The number of rotatable bonds is 3. The van der Waals surface area contributed by atoms with Crippen LogP contribution in [0.3, 0.4) is 0 Å². The van der Waals surface area contributed by atoms with Crippen molar-refractivity contribution < 1.29 is 4.79 Å². The maximum absolute atomic E-state index is 12.3. The summed E-state index contributed by atoms with van der Waals surface area (Å²) >= 11 is 18.5. The highest BCUT2D eigenvalue weighted by Gasteiger charge is 2.11. The Morgan fingerprint density at radius 2 is 2.00 bits per heavy atom. The molecule has 2 N–H and O–H groups in total. The highest BCUT2D eigenvalue weighted by molar-refractivity contribution is 7.80. The number of nitrogens with zero attached hydrogens (tertiary/aromatic N) is 4. The molecule has 0 aliphatic rings. The summed E-state index contributed by atoms with van der Waals surface area (Å²) < 4.78 is 1.61. The van der Waals surface area contributed by atoms with Crippen molar-refractivity contribution in [2.75, 3.05) is 5.32 Å². The fourth-order valence-electron chi connectivity index (χ4n) is 2.38. The van der Waals surface area contributed by atoms with Gasteiger partial charge >= 0.3 is 0 Å². The summed E-state index contributed by atoms with van der Waals surface area (Å²) in [6.45, 7) is 0. The Balaban J connectivity index is 1.46. The van der Waals surface area contributed by atoms with E-state index in [2.05, 4.69) is 25.9 Å². The molecule has 0 saturated carbocycles. The number of halogens is 2. The number of benzene rings is 2. The highest BCUT2D eigenvalue weighted by atomic mass is 35.5. The van der Waals surface area contributed by atoms with Gasteiger partial charge in [-0.15, -0.1) is 10.2 Å². The lowest BCUT2D eigenvalue weighted by atomic mass is 10.2. The first-order valence-corrected chi connectivity index (χ1v) is 9.82. The molecule has 2 heterocycles. The fraction of sp³-hybridized carbons (Fsp3) is 0. The predicted molar refractivity (Wildman–Crippen MR) is 114 cm³/mol. The minimum absolute atomic E-state index is 0.159. The van der Waals surface area contributed by atoms with E-state index >= 15 is 0 Å². The minimum Gasteiger partial charge on any atom is -0.332 e. The Kier molecular flexibility index (Phi) is 5.23. The molecule has 0 unspecified atom stereocenters. The number of hydrogen-bond donors (Lipinski definition) is 2. The Labute approximate surface area is 178 Å². The lowest BCUT2D eigenvalue weighted by Crippen LogP contribution is -2.34. The van der Waals surface area contributed by atoms with Crippen LogP contribution in [0.4, 0.5) is 5.69 Å². The number of aromatic nitrogens is 4. The Bertz CT molecular complexity index is 1180. The maximum Gasteiger partial charge on any atom is 0.257 e. The van der Waals surface area contributed by atoms with Crippen molar-refractivity contribution >= 4 is 68.4 Å². The lowest BCUT2D eigenvalue weighted by Gasteiger charge is -2.10. The van der Waals surface area contributed by atoms with Gasteiger partial charge in [-0.25, -0.2) is 0 Å². The Hall–Kier alpha value is -2.59. The van der Waals surface area contributed by atoms with Gasteiger partial charge in [-0.05, 0) is 42.5 Å². The Morgan fingerprint density at radius 3 is 2.79 bits per heavy atom. The molecular formula is C17H10Cl2N6OS2. The van der Waals surface area contributed by atoms with Crippen LogP contribution >= 0.6 is 46.8 Å². The number of thiocarbonyl (C=S) groups is 1. The van der Waals surface area contributed by atoms with Crippen LogP contribution in [0.15, 0.2) is 48.8 Å². The molecule has 2 aromatic heterocycles. The molecule has 11 heteroatoms. The standard InChI is InChI=1S/C17H10Cl2N6OS2/c18-12-5-4-9(7-13(12)19)14(26)22-16(27)21-11-3-1-2-10(6-11)15-24-25-8-20-23-17(25)28-15/h1-8H,(H2,21,22,26,27). The average Bonchev–Trinajstić information content (AvgIpc) is 3.26. The predicted octanol–water partition coefficient (Wildman–Crippen LogP) is 4.29. The normalized spacial score (nSPS) is 10.8. The number of fused-ring (bicyclic) bond motifs is 1. The van der Waals surface area contributed by atoms with Gasteiger partial charge in [-0.2, -0.15) is 9.61 Å². The zero-order valence-corrected chi connectivity index (χ0v) is 17.0. The van der Waals surface area contributed by atoms with Gasteiger partial charge in [0.25, 0.3) is 5.91 Å². The van der Waals surface area contributed by atoms with Crippen molar-refractivity contribution in [2.24, 2.45) is 0 Å². The molecular weight excluding hydrogens is 439 g/mol. The summed E-state index contributed by atoms with van der Waals surface area (Å²) in [4.78, 5) is 13.0. The van der Waals surface area contributed by atoms with Crippen molar-refractivity contribution in [2.45, 2.75) is 0 Å². The summed E-state index contributed by atoms with van der Waals surface area (Å²) in [7, 11) is 0. The van der Waals surface area contributed by atoms with Gasteiger partial charge in [0.2, 0.25) is 4.96 Å². The van der Waals surface area contributed by atoms with Gasteiger partial charge in [0.1, 0.15) is 11.3 Å². The maximum atomic E-state index is 12.3. The molecule has 0 saturated heterocycles.